The number of amides is 1. The molecule has 1 aromatic carbocycles. The second-order valence-electron chi connectivity index (χ2n) is 5.00. The lowest BCUT2D eigenvalue weighted by Gasteiger charge is -2.22. The number of nitrogens with one attached hydrogen (secondary N) is 2. The van der Waals surface area contributed by atoms with Crippen LogP contribution in [0.4, 0.5) is 5.69 Å². The molecule has 0 atom stereocenters. The highest BCUT2D eigenvalue weighted by atomic mass is 79.9. The highest BCUT2D eigenvalue weighted by Crippen LogP contribution is 2.24. The summed E-state index contributed by atoms with van der Waals surface area (Å²) in [4.78, 5) is 13.8. The molecule has 0 aliphatic heterocycles. The van der Waals surface area contributed by atoms with Crippen LogP contribution in [0.2, 0.25) is 0 Å². The van der Waals surface area contributed by atoms with Gasteiger partial charge >= 0.3 is 0 Å². The molecule has 0 unspecified atom stereocenters. The maximum Gasteiger partial charge on any atom is 0.239 e. The first-order chi connectivity index (χ1) is 9.10. The molecular formula is C14H20BrN3O. The fraction of sp³-hybridized carbons (Fsp3) is 0.500. The third kappa shape index (κ3) is 4.21. The molecule has 4 nitrogen and oxygen atoms in total. The summed E-state index contributed by atoms with van der Waals surface area (Å²) in [5.41, 5.74) is 2.27. The van der Waals surface area contributed by atoms with Gasteiger partial charge in [0.15, 0.2) is 0 Å². The van der Waals surface area contributed by atoms with Gasteiger partial charge < -0.3 is 15.5 Å². The first-order valence-corrected chi connectivity index (χ1v) is 7.33. The number of hydrogen-bond acceptors (Lipinski definition) is 3. The van der Waals surface area contributed by atoms with Crippen LogP contribution in [0.25, 0.3) is 0 Å². The Bertz CT molecular complexity index is 460. The minimum atomic E-state index is 0.100. The lowest BCUT2D eigenvalue weighted by Crippen LogP contribution is -2.36. The van der Waals surface area contributed by atoms with Crippen molar-refractivity contribution < 1.29 is 4.79 Å². The van der Waals surface area contributed by atoms with E-state index in [2.05, 4.69) is 32.6 Å². The van der Waals surface area contributed by atoms with Gasteiger partial charge in [-0.15, -0.1) is 0 Å². The molecule has 1 amide bonds. The van der Waals surface area contributed by atoms with E-state index >= 15 is 0 Å². The van der Waals surface area contributed by atoms with Crippen molar-refractivity contribution in [2.24, 2.45) is 0 Å². The molecule has 1 aromatic rings. The first-order valence-electron chi connectivity index (χ1n) is 6.53. The molecule has 1 aliphatic rings. The van der Waals surface area contributed by atoms with Crippen LogP contribution in [0.3, 0.4) is 0 Å². The van der Waals surface area contributed by atoms with Gasteiger partial charge in [-0.3, -0.25) is 4.79 Å². The molecule has 1 saturated carbocycles. The van der Waals surface area contributed by atoms with Crippen molar-refractivity contribution >= 4 is 27.5 Å². The van der Waals surface area contributed by atoms with Crippen molar-refractivity contribution in [3.8, 4) is 0 Å². The van der Waals surface area contributed by atoms with Crippen molar-refractivity contribution in [3.63, 3.8) is 0 Å². The molecule has 2 rings (SSSR count). The van der Waals surface area contributed by atoms with Crippen molar-refractivity contribution in [3.05, 3.63) is 28.2 Å². The molecule has 2 N–H and O–H groups in total. The Labute approximate surface area is 122 Å². The predicted molar refractivity (Wildman–Crippen MR) is 81.3 cm³/mol. The summed E-state index contributed by atoms with van der Waals surface area (Å²) in [7, 11) is 3.87. The Morgan fingerprint density at radius 2 is 2.21 bits per heavy atom. The standard InChI is InChI=1S/C14H20BrN3O/c1-16-8-10-7-11(15)3-6-13(10)18(2)9-14(19)17-12-4-5-12/h3,6-7,12,16H,4-5,8-9H2,1-2H3,(H,17,19). The van der Waals surface area contributed by atoms with E-state index in [-0.39, 0.29) is 5.91 Å². The number of carbonyl (C=O) groups is 1. The van der Waals surface area contributed by atoms with Crippen LogP contribution in [0, 0.1) is 0 Å². The molecule has 0 aromatic heterocycles. The molecule has 0 spiro atoms. The topological polar surface area (TPSA) is 44.4 Å². The predicted octanol–water partition coefficient (Wildman–Crippen LogP) is 1.88. The third-order valence-electron chi connectivity index (χ3n) is 3.14. The number of nitrogens with zero attached hydrogens (tertiary/aromatic N) is 1. The summed E-state index contributed by atoms with van der Waals surface area (Å²) in [6.07, 6.45) is 2.25. The van der Waals surface area contributed by atoms with Crippen molar-refractivity contribution in [1.29, 1.82) is 0 Å². The fourth-order valence-corrected chi connectivity index (χ4v) is 2.47. The SMILES string of the molecule is CNCc1cc(Br)ccc1N(C)CC(=O)NC1CC1. The molecular weight excluding hydrogens is 306 g/mol. The first kappa shape index (κ1) is 14.3. The minimum Gasteiger partial charge on any atom is -0.365 e. The quantitative estimate of drug-likeness (QED) is 0.839. The average molecular weight is 326 g/mol. The van der Waals surface area contributed by atoms with Gasteiger partial charge in [0.2, 0.25) is 5.91 Å². The van der Waals surface area contributed by atoms with Crippen LogP contribution in [-0.4, -0.2) is 32.6 Å². The lowest BCUT2D eigenvalue weighted by molar-refractivity contribution is -0.119. The van der Waals surface area contributed by atoms with Crippen molar-refractivity contribution in [2.75, 3.05) is 25.5 Å². The molecule has 1 aliphatic carbocycles. The van der Waals surface area contributed by atoms with Gasteiger partial charge in [-0.05, 0) is 43.7 Å². The van der Waals surface area contributed by atoms with Crippen LogP contribution in [0.5, 0.6) is 0 Å². The summed E-state index contributed by atoms with van der Waals surface area (Å²) in [6.45, 7) is 1.18. The highest BCUT2D eigenvalue weighted by Gasteiger charge is 2.23. The monoisotopic (exact) mass is 325 g/mol. The van der Waals surface area contributed by atoms with Gasteiger partial charge in [-0.2, -0.15) is 0 Å². The summed E-state index contributed by atoms with van der Waals surface area (Å²) in [5, 5.41) is 6.17. The van der Waals surface area contributed by atoms with Gasteiger partial charge in [0.25, 0.3) is 0 Å². The normalized spacial score (nSPS) is 14.3. The molecule has 1 fully saturated rings. The van der Waals surface area contributed by atoms with E-state index in [1.165, 1.54) is 5.56 Å². The second kappa shape index (κ2) is 6.39. The van der Waals surface area contributed by atoms with Gasteiger partial charge in [0, 0.05) is 29.8 Å². The average Bonchev–Trinajstić information content (AvgIpc) is 3.13. The van der Waals surface area contributed by atoms with Gasteiger partial charge in [-0.25, -0.2) is 0 Å². The number of carbonyl (C=O) groups excluding carboxylic acids is 1. The Hall–Kier alpha value is -1.07. The Morgan fingerprint density at radius 1 is 1.47 bits per heavy atom. The summed E-state index contributed by atoms with van der Waals surface area (Å²) in [5.74, 6) is 0.100. The van der Waals surface area contributed by atoms with E-state index in [1.807, 2.05) is 31.1 Å². The second-order valence-corrected chi connectivity index (χ2v) is 5.92. The van der Waals surface area contributed by atoms with E-state index in [1.54, 1.807) is 0 Å². The minimum absolute atomic E-state index is 0.100. The number of halogens is 1. The number of hydrogen-bond donors (Lipinski definition) is 2. The van der Waals surface area contributed by atoms with E-state index in [0.29, 0.717) is 12.6 Å². The maximum atomic E-state index is 11.8. The molecule has 5 heteroatoms. The summed E-state index contributed by atoms with van der Waals surface area (Å²) >= 11 is 3.48. The zero-order valence-corrected chi connectivity index (χ0v) is 13.0. The maximum absolute atomic E-state index is 11.8. The Kier molecular flexibility index (Phi) is 4.82. The Balaban J connectivity index is 2.03. The molecule has 0 saturated heterocycles. The van der Waals surface area contributed by atoms with Crippen molar-refractivity contribution in [1.82, 2.24) is 10.6 Å². The smallest absolute Gasteiger partial charge is 0.239 e. The van der Waals surface area contributed by atoms with E-state index < -0.39 is 0 Å². The third-order valence-corrected chi connectivity index (χ3v) is 3.64. The van der Waals surface area contributed by atoms with Crippen LogP contribution in [0.15, 0.2) is 22.7 Å². The van der Waals surface area contributed by atoms with Gasteiger partial charge in [0.05, 0.1) is 6.54 Å². The molecule has 0 bridgehead atoms. The number of rotatable bonds is 6. The van der Waals surface area contributed by atoms with E-state index in [9.17, 15) is 4.79 Å². The largest absolute Gasteiger partial charge is 0.365 e. The molecule has 19 heavy (non-hydrogen) atoms. The molecule has 0 radical (unpaired) electrons. The molecule has 104 valence electrons. The van der Waals surface area contributed by atoms with Gasteiger partial charge in [0.1, 0.15) is 0 Å². The highest BCUT2D eigenvalue weighted by molar-refractivity contribution is 9.10. The van der Waals surface area contributed by atoms with E-state index in [4.69, 9.17) is 0 Å². The lowest BCUT2D eigenvalue weighted by atomic mass is 10.1. The zero-order valence-electron chi connectivity index (χ0n) is 11.4. The van der Waals surface area contributed by atoms with E-state index in [0.717, 1.165) is 29.5 Å². The summed E-state index contributed by atoms with van der Waals surface area (Å²) < 4.78 is 1.05. The zero-order chi connectivity index (χ0) is 13.8. The number of benzene rings is 1. The fourth-order valence-electron chi connectivity index (χ4n) is 2.06. The van der Waals surface area contributed by atoms with Crippen LogP contribution in [0.1, 0.15) is 18.4 Å². The Morgan fingerprint density at radius 3 is 2.84 bits per heavy atom. The summed E-state index contributed by atoms with van der Waals surface area (Å²) in [6, 6.07) is 6.55. The number of likely N-dealkylation sites (N-methyl/N-ethyl adjacent to an activating group) is 1. The van der Waals surface area contributed by atoms with Crippen LogP contribution in [-0.2, 0) is 11.3 Å². The van der Waals surface area contributed by atoms with Crippen LogP contribution < -0.4 is 15.5 Å². The van der Waals surface area contributed by atoms with Crippen molar-refractivity contribution in [2.45, 2.75) is 25.4 Å². The van der Waals surface area contributed by atoms with Gasteiger partial charge in [-0.1, -0.05) is 15.9 Å². The molecule has 0 heterocycles. The number of anilines is 1. The van der Waals surface area contributed by atoms with Crippen LogP contribution >= 0.6 is 15.9 Å².